The van der Waals surface area contributed by atoms with Gasteiger partial charge in [0.25, 0.3) is 0 Å². The van der Waals surface area contributed by atoms with E-state index in [1.165, 1.54) is 22.5 Å². The number of nitrogens with one attached hydrogen (secondary N) is 1. The normalized spacial score (nSPS) is 14.4. The molecule has 4 heteroatoms. The van der Waals surface area contributed by atoms with Crippen molar-refractivity contribution in [3.8, 4) is 0 Å². The molecule has 0 unspecified atom stereocenters. The Morgan fingerprint density at radius 3 is 3.11 bits per heavy atom. The van der Waals surface area contributed by atoms with Crippen LogP contribution < -0.4 is 5.32 Å². The number of aromatic nitrogens is 2. The molecule has 1 aromatic heterocycles. The van der Waals surface area contributed by atoms with Gasteiger partial charge in [-0.3, -0.25) is 4.68 Å². The highest BCUT2D eigenvalue weighted by Gasteiger charge is 2.19. The molecule has 0 aliphatic carbocycles. The van der Waals surface area contributed by atoms with Crippen molar-refractivity contribution in [2.24, 2.45) is 0 Å². The molecule has 1 N–H and O–H groups in total. The predicted octanol–water partition coefficient (Wildman–Crippen LogP) is 2.79. The molecule has 1 aliphatic rings. The molecule has 3 rings (SSSR count). The molecular weight excluding hydrogens is 258 g/mol. The Balaban J connectivity index is 1.94. The van der Waals surface area contributed by atoms with Crippen LogP contribution in [-0.4, -0.2) is 16.3 Å². The molecule has 1 aliphatic heterocycles. The van der Waals surface area contributed by atoms with E-state index >= 15 is 0 Å². The van der Waals surface area contributed by atoms with Crippen LogP contribution in [0.4, 0.5) is 0 Å². The summed E-state index contributed by atoms with van der Waals surface area (Å²) in [5.74, 6) is 0. The molecule has 0 radical (unpaired) electrons. The molecule has 2 heterocycles. The van der Waals surface area contributed by atoms with Gasteiger partial charge in [-0.1, -0.05) is 30.7 Å². The molecule has 2 aromatic rings. The Kier molecular flexibility index (Phi) is 3.58. The van der Waals surface area contributed by atoms with E-state index in [1.807, 2.05) is 18.2 Å². The lowest BCUT2D eigenvalue weighted by Crippen LogP contribution is -2.25. The minimum Gasteiger partial charge on any atom is -0.312 e. The van der Waals surface area contributed by atoms with Crippen LogP contribution >= 0.6 is 11.6 Å². The van der Waals surface area contributed by atoms with Gasteiger partial charge in [-0.15, -0.1) is 0 Å². The van der Waals surface area contributed by atoms with Gasteiger partial charge in [0.15, 0.2) is 0 Å². The Morgan fingerprint density at radius 2 is 2.32 bits per heavy atom. The lowest BCUT2D eigenvalue weighted by Gasteiger charge is -2.15. The standard InChI is InChI=1S/C15H18ClN3/c1-2-14-13-9-17-7-6-15(13)19(18-14)10-11-4-3-5-12(16)8-11/h3-5,8,17H,2,6-7,9-10H2,1H3. The van der Waals surface area contributed by atoms with Crippen LogP contribution in [-0.2, 0) is 25.9 Å². The Hall–Kier alpha value is -1.32. The van der Waals surface area contributed by atoms with Crippen molar-refractivity contribution >= 4 is 11.6 Å². The minimum atomic E-state index is 0.788. The number of fused-ring (bicyclic) bond motifs is 1. The maximum Gasteiger partial charge on any atom is 0.0669 e. The van der Waals surface area contributed by atoms with Crippen LogP contribution in [0.3, 0.4) is 0 Å². The van der Waals surface area contributed by atoms with E-state index in [0.29, 0.717) is 0 Å². The number of hydrogen-bond acceptors (Lipinski definition) is 2. The van der Waals surface area contributed by atoms with Crippen LogP contribution in [0, 0.1) is 0 Å². The van der Waals surface area contributed by atoms with E-state index < -0.39 is 0 Å². The van der Waals surface area contributed by atoms with Gasteiger partial charge in [0, 0.05) is 35.8 Å². The molecule has 0 saturated heterocycles. The monoisotopic (exact) mass is 275 g/mol. The third kappa shape index (κ3) is 2.53. The summed E-state index contributed by atoms with van der Waals surface area (Å²) in [6.45, 7) is 4.97. The largest absolute Gasteiger partial charge is 0.312 e. The first-order valence-electron chi connectivity index (χ1n) is 6.80. The predicted molar refractivity (Wildman–Crippen MR) is 77.6 cm³/mol. The molecule has 0 fully saturated rings. The zero-order valence-corrected chi connectivity index (χ0v) is 11.9. The van der Waals surface area contributed by atoms with E-state index in [1.54, 1.807) is 0 Å². The summed E-state index contributed by atoms with van der Waals surface area (Å²) in [5, 5.41) is 8.98. The van der Waals surface area contributed by atoms with Crippen LogP contribution in [0.2, 0.25) is 5.02 Å². The zero-order chi connectivity index (χ0) is 13.2. The van der Waals surface area contributed by atoms with Gasteiger partial charge in [0.05, 0.1) is 12.2 Å². The molecule has 1 aromatic carbocycles. The van der Waals surface area contributed by atoms with Crippen molar-refractivity contribution in [1.82, 2.24) is 15.1 Å². The molecule has 100 valence electrons. The van der Waals surface area contributed by atoms with Crippen molar-refractivity contribution < 1.29 is 0 Å². The van der Waals surface area contributed by atoms with Crippen LogP contribution in [0.5, 0.6) is 0 Å². The fourth-order valence-electron chi connectivity index (χ4n) is 2.72. The highest BCUT2D eigenvalue weighted by molar-refractivity contribution is 6.30. The topological polar surface area (TPSA) is 29.9 Å². The van der Waals surface area contributed by atoms with Crippen molar-refractivity contribution in [3.05, 3.63) is 51.8 Å². The van der Waals surface area contributed by atoms with Crippen molar-refractivity contribution in [2.45, 2.75) is 32.9 Å². The number of hydrogen-bond donors (Lipinski definition) is 1. The van der Waals surface area contributed by atoms with Crippen molar-refractivity contribution in [1.29, 1.82) is 0 Å². The summed E-state index contributed by atoms with van der Waals surface area (Å²) in [5.41, 5.74) is 5.22. The quantitative estimate of drug-likeness (QED) is 0.934. The Morgan fingerprint density at radius 1 is 1.42 bits per heavy atom. The van der Waals surface area contributed by atoms with Crippen LogP contribution in [0.25, 0.3) is 0 Å². The number of halogens is 1. The first-order valence-corrected chi connectivity index (χ1v) is 7.18. The van der Waals surface area contributed by atoms with Gasteiger partial charge < -0.3 is 5.32 Å². The molecule has 3 nitrogen and oxygen atoms in total. The van der Waals surface area contributed by atoms with Gasteiger partial charge in [0.1, 0.15) is 0 Å². The third-order valence-electron chi connectivity index (χ3n) is 3.65. The first kappa shape index (κ1) is 12.7. The molecule has 0 amide bonds. The summed E-state index contributed by atoms with van der Waals surface area (Å²) >= 11 is 6.05. The highest BCUT2D eigenvalue weighted by atomic mass is 35.5. The first-order chi connectivity index (χ1) is 9.28. The Bertz CT molecular complexity index is 589. The summed E-state index contributed by atoms with van der Waals surface area (Å²) in [6, 6.07) is 8.02. The molecule has 0 atom stereocenters. The van der Waals surface area contributed by atoms with Crippen molar-refractivity contribution in [3.63, 3.8) is 0 Å². The summed E-state index contributed by atoms with van der Waals surface area (Å²) in [6.07, 6.45) is 2.05. The number of nitrogens with zero attached hydrogens (tertiary/aromatic N) is 2. The number of aryl methyl sites for hydroxylation is 1. The van der Waals surface area contributed by atoms with Gasteiger partial charge >= 0.3 is 0 Å². The third-order valence-corrected chi connectivity index (χ3v) is 3.88. The number of rotatable bonds is 3. The van der Waals surface area contributed by atoms with Gasteiger partial charge in [-0.2, -0.15) is 5.10 Å². The summed E-state index contributed by atoms with van der Waals surface area (Å²) in [7, 11) is 0. The molecule has 19 heavy (non-hydrogen) atoms. The fourth-order valence-corrected chi connectivity index (χ4v) is 2.93. The van der Waals surface area contributed by atoms with Crippen LogP contribution in [0.15, 0.2) is 24.3 Å². The minimum absolute atomic E-state index is 0.788. The van der Waals surface area contributed by atoms with E-state index in [9.17, 15) is 0 Å². The second-order valence-electron chi connectivity index (χ2n) is 4.94. The van der Waals surface area contributed by atoms with Gasteiger partial charge in [-0.05, 0) is 24.1 Å². The van der Waals surface area contributed by atoms with Crippen LogP contribution in [0.1, 0.15) is 29.4 Å². The molecule has 0 saturated carbocycles. The summed E-state index contributed by atoms with van der Waals surface area (Å²) in [4.78, 5) is 0. The maximum absolute atomic E-state index is 6.05. The zero-order valence-electron chi connectivity index (χ0n) is 11.1. The SMILES string of the molecule is CCc1nn(Cc2cccc(Cl)c2)c2c1CNCC2. The Labute approximate surface area is 118 Å². The lowest BCUT2D eigenvalue weighted by atomic mass is 10.1. The highest BCUT2D eigenvalue weighted by Crippen LogP contribution is 2.20. The smallest absolute Gasteiger partial charge is 0.0669 e. The second kappa shape index (κ2) is 5.35. The lowest BCUT2D eigenvalue weighted by molar-refractivity contribution is 0.582. The van der Waals surface area contributed by atoms with E-state index in [-0.39, 0.29) is 0 Å². The van der Waals surface area contributed by atoms with E-state index in [4.69, 9.17) is 16.7 Å². The summed E-state index contributed by atoms with van der Waals surface area (Å²) < 4.78 is 2.15. The van der Waals surface area contributed by atoms with E-state index in [2.05, 4.69) is 23.0 Å². The molecule has 0 spiro atoms. The molecule has 0 bridgehead atoms. The second-order valence-corrected chi connectivity index (χ2v) is 5.38. The van der Waals surface area contributed by atoms with Crippen molar-refractivity contribution in [2.75, 3.05) is 6.54 Å². The van der Waals surface area contributed by atoms with E-state index in [0.717, 1.165) is 37.5 Å². The van der Waals surface area contributed by atoms with Gasteiger partial charge in [0.2, 0.25) is 0 Å². The maximum atomic E-state index is 6.05. The average Bonchev–Trinajstić information content (AvgIpc) is 2.77. The average molecular weight is 276 g/mol. The van der Waals surface area contributed by atoms with Gasteiger partial charge in [-0.25, -0.2) is 0 Å². The fraction of sp³-hybridized carbons (Fsp3) is 0.400. The molecular formula is C15H18ClN3. The number of benzene rings is 1.